The summed E-state index contributed by atoms with van der Waals surface area (Å²) in [5, 5.41) is 0. The summed E-state index contributed by atoms with van der Waals surface area (Å²) in [6, 6.07) is 13.1. The van der Waals surface area contributed by atoms with Crippen molar-refractivity contribution in [3.8, 4) is 5.75 Å². The van der Waals surface area contributed by atoms with Crippen LogP contribution in [-0.2, 0) is 26.0 Å². The first-order valence-corrected chi connectivity index (χ1v) is 9.77. The zero-order chi connectivity index (χ0) is 19.2. The van der Waals surface area contributed by atoms with Crippen molar-refractivity contribution in [1.82, 2.24) is 0 Å². The number of esters is 1. The Morgan fingerprint density at radius 2 is 1.62 bits per heavy atom. The molecule has 0 unspecified atom stereocenters. The van der Waals surface area contributed by atoms with Crippen molar-refractivity contribution in [3.05, 3.63) is 54.1 Å². The van der Waals surface area contributed by atoms with Crippen molar-refractivity contribution in [2.45, 2.75) is 25.2 Å². The Morgan fingerprint density at radius 1 is 1.00 bits per heavy atom. The summed E-state index contributed by atoms with van der Waals surface area (Å²) < 4.78 is 37.3. The molecule has 0 spiro atoms. The molecule has 0 aliphatic carbocycles. The fourth-order valence-corrected chi connectivity index (χ4v) is 3.82. The number of hydrogen-bond donors (Lipinski definition) is 0. The number of anilines is 1. The first-order chi connectivity index (χ1) is 12.4. The number of carbonyl (C=O) groups excluding carboxylic acids is 1. The van der Waals surface area contributed by atoms with E-state index >= 15 is 0 Å². The molecule has 0 fully saturated rings. The average Bonchev–Trinajstić information content (AvgIpc) is 2.66. The zero-order valence-electron chi connectivity index (χ0n) is 15.1. The van der Waals surface area contributed by atoms with E-state index in [1.165, 1.54) is 19.2 Å². The van der Waals surface area contributed by atoms with Crippen molar-refractivity contribution in [1.29, 1.82) is 0 Å². The highest BCUT2D eigenvalue weighted by molar-refractivity contribution is 7.92. The molecule has 0 radical (unpaired) electrons. The average molecular weight is 377 g/mol. The SMILES string of the molecule is CCOC(=O)CN(c1ccc(CC)cc1)S(=O)(=O)c1ccc(OC)cc1. The molecule has 2 aromatic carbocycles. The van der Waals surface area contributed by atoms with Crippen molar-refractivity contribution >= 4 is 21.7 Å². The quantitative estimate of drug-likeness (QED) is 0.661. The smallest absolute Gasteiger partial charge is 0.326 e. The van der Waals surface area contributed by atoms with Crippen LogP contribution in [0.25, 0.3) is 0 Å². The van der Waals surface area contributed by atoms with Gasteiger partial charge in [0.05, 0.1) is 24.3 Å². The molecule has 2 aromatic rings. The number of carbonyl (C=O) groups is 1. The van der Waals surface area contributed by atoms with Gasteiger partial charge in [-0.3, -0.25) is 9.10 Å². The molecule has 26 heavy (non-hydrogen) atoms. The number of rotatable bonds is 8. The van der Waals surface area contributed by atoms with Crippen molar-refractivity contribution < 1.29 is 22.7 Å². The highest BCUT2D eigenvalue weighted by atomic mass is 32.2. The molecule has 140 valence electrons. The largest absolute Gasteiger partial charge is 0.497 e. The van der Waals surface area contributed by atoms with Gasteiger partial charge < -0.3 is 9.47 Å². The van der Waals surface area contributed by atoms with E-state index in [4.69, 9.17) is 9.47 Å². The second-order valence-electron chi connectivity index (χ2n) is 5.51. The van der Waals surface area contributed by atoms with Crippen LogP contribution in [0.1, 0.15) is 19.4 Å². The van der Waals surface area contributed by atoms with E-state index in [-0.39, 0.29) is 11.5 Å². The molecular weight excluding hydrogens is 354 g/mol. The van der Waals surface area contributed by atoms with Gasteiger partial charge in [-0.2, -0.15) is 0 Å². The van der Waals surface area contributed by atoms with Crippen LogP contribution in [0, 0.1) is 0 Å². The minimum absolute atomic E-state index is 0.0715. The molecule has 0 amide bonds. The lowest BCUT2D eigenvalue weighted by Crippen LogP contribution is -2.36. The Morgan fingerprint density at radius 3 is 2.12 bits per heavy atom. The number of aryl methyl sites for hydroxylation is 1. The fourth-order valence-electron chi connectivity index (χ4n) is 2.41. The van der Waals surface area contributed by atoms with Crippen LogP contribution in [0.15, 0.2) is 53.4 Å². The molecule has 0 saturated carbocycles. The van der Waals surface area contributed by atoms with Crippen molar-refractivity contribution in [2.24, 2.45) is 0 Å². The van der Waals surface area contributed by atoms with E-state index in [1.807, 2.05) is 19.1 Å². The molecule has 0 aliphatic rings. The molecule has 0 N–H and O–H groups in total. The summed E-state index contributed by atoms with van der Waals surface area (Å²) in [6.45, 7) is 3.48. The number of methoxy groups -OCH3 is 1. The van der Waals surface area contributed by atoms with Gasteiger partial charge in [-0.15, -0.1) is 0 Å². The molecule has 0 aliphatic heterocycles. The fraction of sp³-hybridized carbons (Fsp3) is 0.316. The summed E-state index contributed by atoms with van der Waals surface area (Å²) in [5.41, 5.74) is 1.48. The summed E-state index contributed by atoms with van der Waals surface area (Å²) in [6.07, 6.45) is 0.837. The third kappa shape index (κ3) is 4.54. The van der Waals surface area contributed by atoms with Gasteiger partial charge in [0, 0.05) is 0 Å². The van der Waals surface area contributed by atoms with E-state index in [0.29, 0.717) is 11.4 Å². The topological polar surface area (TPSA) is 72.9 Å². The predicted molar refractivity (Wildman–Crippen MR) is 100.0 cm³/mol. The highest BCUT2D eigenvalue weighted by Crippen LogP contribution is 2.25. The predicted octanol–water partition coefficient (Wildman–Crippen LogP) is 3.02. The van der Waals surface area contributed by atoms with Gasteiger partial charge >= 0.3 is 5.97 Å². The van der Waals surface area contributed by atoms with Crippen molar-refractivity contribution in [2.75, 3.05) is 24.6 Å². The number of benzene rings is 2. The summed E-state index contributed by atoms with van der Waals surface area (Å²) in [7, 11) is -2.43. The van der Waals surface area contributed by atoms with Gasteiger partial charge in [0.25, 0.3) is 10.0 Å². The highest BCUT2D eigenvalue weighted by Gasteiger charge is 2.27. The molecule has 0 aromatic heterocycles. The second-order valence-corrected chi connectivity index (χ2v) is 7.37. The normalized spacial score (nSPS) is 11.0. The summed E-state index contributed by atoms with van der Waals surface area (Å²) in [4.78, 5) is 12.1. The Bertz CT molecular complexity index is 829. The van der Waals surface area contributed by atoms with Crippen LogP contribution in [0.2, 0.25) is 0 Å². The van der Waals surface area contributed by atoms with Crippen LogP contribution in [0.5, 0.6) is 5.75 Å². The lowest BCUT2D eigenvalue weighted by Gasteiger charge is -2.24. The number of nitrogens with zero attached hydrogens (tertiary/aromatic N) is 1. The Kier molecular flexibility index (Phi) is 6.63. The number of sulfonamides is 1. The van der Waals surface area contributed by atoms with E-state index in [2.05, 4.69) is 0 Å². The molecule has 0 saturated heterocycles. The third-order valence-corrected chi connectivity index (χ3v) is 5.65. The molecule has 0 heterocycles. The van der Waals surface area contributed by atoms with Gasteiger partial charge in [-0.05, 0) is 55.3 Å². The number of ether oxygens (including phenoxy) is 2. The van der Waals surface area contributed by atoms with E-state index in [1.54, 1.807) is 31.2 Å². The van der Waals surface area contributed by atoms with Gasteiger partial charge in [0.15, 0.2) is 0 Å². The Labute approximate surface area is 154 Å². The van der Waals surface area contributed by atoms with Crippen LogP contribution < -0.4 is 9.04 Å². The Hall–Kier alpha value is -2.54. The third-order valence-electron chi connectivity index (χ3n) is 3.86. The van der Waals surface area contributed by atoms with Crippen LogP contribution in [0.3, 0.4) is 0 Å². The monoisotopic (exact) mass is 377 g/mol. The Balaban J connectivity index is 2.44. The maximum Gasteiger partial charge on any atom is 0.326 e. The molecule has 0 bridgehead atoms. The molecule has 0 atom stereocenters. The zero-order valence-corrected chi connectivity index (χ0v) is 16.0. The standard InChI is InChI=1S/C19H23NO5S/c1-4-15-6-8-16(9-7-15)20(14-19(21)25-5-2)26(22,23)18-12-10-17(24-3)11-13-18/h6-13H,4-5,14H2,1-3H3. The van der Waals surface area contributed by atoms with Gasteiger partial charge in [-0.25, -0.2) is 8.42 Å². The maximum atomic E-state index is 13.1. The first kappa shape index (κ1) is 19.8. The van der Waals surface area contributed by atoms with E-state index in [9.17, 15) is 13.2 Å². The molecule has 6 nitrogen and oxygen atoms in total. The molecule has 7 heteroatoms. The molecule has 2 rings (SSSR count). The minimum atomic E-state index is -3.94. The van der Waals surface area contributed by atoms with Crippen LogP contribution >= 0.6 is 0 Å². The molecular formula is C19H23NO5S. The summed E-state index contributed by atoms with van der Waals surface area (Å²) >= 11 is 0. The summed E-state index contributed by atoms with van der Waals surface area (Å²) in [5.74, 6) is -0.0580. The first-order valence-electron chi connectivity index (χ1n) is 8.33. The lowest BCUT2D eigenvalue weighted by atomic mass is 10.1. The van der Waals surface area contributed by atoms with Crippen LogP contribution in [-0.4, -0.2) is 34.6 Å². The van der Waals surface area contributed by atoms with Gasteiger partial charge in [-0.1, -0.05) is 19.1 Å². The lowest BCUT2D eigenvalue weighted by molar-refractivity contribution is -0.141. The van der Waals surface area contributed by atoms with E-state index in [0.717, 1.165) is 16.3 Å². The van der Waals surface area contributed by atoms with Crippen LogP contribution in [0.4, 0.5) is 5.69 Å². The minimum Gasteiger partial charge on any atom is -0.497 e. The number of hydrogen-bond acceptors (Lipinski definition) is 5. The van der Waals surface area contributed by atoms with Gasteiger partial charge in [0.2, 0.25) is 0 Å². The van der Waals surface area contributed by atoms with Gasteiger partial charge in [0.1, 0.15) is 12.3 Å². The van der Waals surface area contributed by atoms with E-state index < -0.39 is 22.5 Å². The van der Waals surface area contributed by atoms with Crippen molar-refractivity contribution in [3.63, 3.8) is 0 Å². The second kappa shape index (κ2) is 8.71. The maximum absolute atomic E-state index is 13.1.